The lowest BCUT2D eigenvalue weighted by Gasteiger charge is -2.26. The van der Waals surface area contributed by atoms with Crippen LogP contribution in [0.5, 0.6) is 0 Å². The summed E-state index contributed by atoms with van der Waals surface area (Å²) in [6.45, 7) is -2.00. The standard InChI is InChI=1S/C10H13F3N4O2/c11-10(12,13)6-17(4-5-18)7-2-1-3-15-8(7)9(14)16-19/h1-3,18-19H,4-6H2,(H2,14,16). The third-order valence-corrected chi connectivity index (χ3v) is 2.22. The second kappa shape index (κ2) is 6.23. The number of aliphatic hydroxyl groups excluding tert-OH is 1. The minimum Gasteiger partial charge on any atom is -0.409 e. The summed E-state index contributed by atoms with van der Waals surface area (Å²) in [4.78, 5) is 4.64. The van der Waals surface area contributed by atoms with E-state index in [1.807, 2.05) is 0 Å². The molecule has 0 bridgehead atoms. The molecule has 0 radical (unpaired) electrons. The van der Waals surface area contributed by atoms with Gasteiger partial charge in [0, 0.05) is 12.7 Å². The third-order valence-electron chi connectivity index (χ3n) is 2.22. The Kier molecular flexibility index (Phi) is 4.93. The molecule has 0 unspecified atom stereocenters. The van der Waals surface area contributed by atoms with Gasteiger partial charge in [-0.15, -0.1) is 0 Å². The van der Waals surface area contributed by atoms with Crippen molar-refractivity contribution in [1.29, 1.82) is 0 Å². The first-order valence-corrected chi connectivity index (χ1v) is 5.24. The van der Waals surface area contributed by atoms with Gasteiger partial charge in [-0.05, 0) is 12.1 Å². The van der Waals surface area contributed by atoms with Gasteiger partial charge in [-0.2, -0.15) is 13.2 Å². The molecule has 0 atom stereocenters. The highest BCUT2D eigenvalue weighted by atomic mass is 19.4. The second-order valence-corrected chi connectivity index (χ2v) is 3.62. The Balaban J connectivity index is 3.15. The summed E-state index contributed by atoms with van der Waals surface area (Å²) < 4.78 is 37.4. The highest BCUT2D eigenvalue weighted by Gasteiger charge is 2.32. The van der Waals surface area contributed by atoms with Crippen molar-refractivity contribution in [3.05, 3.63) is 24.0 Å². The number of nitrogens with two attached hydrogens (primary N) is 1. The predicted octanol–water partition coefficient (Wildman–Crippen LogP) is 0.537. The van der Waals surface area contributed by atoms with Crippen LogP contribution < -0.4 is 10.6 Å². The number of pyridine rings is 1. The van der Waals surface area contributed by atoms with E-state index < -0.39 is 25.2 Å². The van der Waals surface area contributed by atoms with Gasteiger partial charge in [0.25, 0.3) is 0 Å². The minimum atomic E-state index is -4.45. The fourth-order valence-corrected chi connectivity index (χ4v) is 1.52. The highest BCUT2D eigenvalue weighted by Crippen LogP contribution is 2.23. The number of aromatic nitrogens is 1. The van der Waals surface area contributed by atoms with Gasteiger partial charge < -0.3 is 20.9 Å². The molecule has 0 saturated carbocycles. The van der Waals surface area contributed by atoms with E-state index in [9.17, 15) is 13.2 Å². The zero-order valence-electron chi connectivity index (χ0n) is 9.80. The van der Waals surface area contributed by atoms with Gasteiger partial charge in [0.05, 0.1) is 12.3 Å². The normalized spacial score (nSPS) is 12.5. The summed E-state index contributed by atoms with van der Waals surface area (Å²) in [5.41, 5.74) is 5.31. The van der Waals surface area contributed by atoms with Gasteiger partial charge in [0.1, 0.15) is 12.2 Å². The summed E-state index contributed by atoms with van der Waals surface area (Å²) in [6, 6.07) is 2.77. The number of anilines is 1. The van der Waals surface area contributed by atoms with E-state index in [0.29, 0.717) is 0 Å². The van der Waals surface area contributed by atoms with Crippen LogP contribution in [0.2, 0.25) is 0 Å². The van der Waals surface area contributed by atoms with Gasteiger partial charge in [0.15, 0.2) is 5.84 Å². The first-order valence-electron chi connectivity index (χ1n) is 5.24. The smallest absolute Gasteiger partial charge is 0.405 e. The molecule has 6 nitrogen and oxygen atoms in total. The number of hydrogen-bond acceptors (Lipinski definition) is 5. The van der Waals surface area contributed by atoms with Gasteiger partial charge in [-0.3, -0.25) is 4.98 Å². The van der Waals surface area contributed by atoms with Crippen LogP contribution in [0.25, 0.3) is 0 Å². The molecular formula is C10H13F3N4O2. The Hall–Kier alpha value is -2.03. The summed E-state index contributed by atoms with van der Waals surface area (Å²) in [6.07, 6.45) is -3.14. The van der Waals surface area contributed by atoms with E-state index in [1.54, 1.807) is 0 Å². The molecule has 1 aromatic rings. The molecule has 0 aromatic carbocycles. The summed E-state index contributed by atoms with van der Waals surface area (Å²) in [5, 5.41) is 20.2. The number of aliphatic hydroxyl groups is 1. The van der Waals surface area contributed by atoms with Crippen molar-refractivity contribution in [3.8, 4) is 0 Å². The van der Waals surface area contributed by atoms with E-state index in [4.69, 9.17) is 16.0 Å². The lowest BCUT2D eigenvalue weighted by Crippen LogP contribution is -2.37. The molecule has 19 heavy (non-hydrogen) atoms. The van der Waals surface area contributed by atoms with Crippen molar-refractivity contribution in [2.75, 3.05) is 24.6 Å². The van der Waals surface area contributed by atoms with Gasteiger partial charge in [-0.25, -0.2) is 0 Å². The van der Waals surface area contributed by atoms with Crippen molar-refractivity contribution < 1.29 is 23.5 Å². The van der Waals surface area contributed by atoms with Crippen LogP contribution in [0.15, 0.2) is 23.5 Å². The maximum atomic E-state index is 12.5. The maximum absolute atomic E-state index is 12.5. The van der Waals surface area contributed by atoms with Gasteiger partial charge >= 0.3 is 6.18 Å². The fraction of sp³-hybridized carbons (Fsp3) is 0.400. The Bertz CT molecular complexity index is 451. The average molecular weight is 278 g/mol. The lowest BCUT2D eigenvalue weighted by molar-refractivity contribution is -0.119. The zero-order chi connectivity index (χ0) is 14.5. The van der Waals surface area contributed by atoms with Crippen LogP contribution in [0, 0.1) is 0 Å². The topological polar surface area (TPSA) is 95.0 Å². The lowest BCUT2D eigenvalue weighted by atomic mass is 10.2. The number of halogens is 3. The van der Waals surface area contributed by atoms with Crippen molar-refractivity contribution in [1.82, 2.24) is 4.98 Å². The minimum absolute atomic E-state index is 0.0316. The van der Waals surface area contributed by atoms with Crippen molar-refractivity contribution in [2.24, 2.45) is 10.9 Å². The SMILES string of the molecule is N/C(=N/O)c1ncccc1N(CCO)CC(F)(F)F. The molecule has 9 heteroatoms. The summed E-state index contributed by atoms with van der Waals surface area (Å²) in [7, 11) is 0. The molecule has 0 amide bonds. The number of oxime groups is 1. The molecule has 0 aliphatic heterocycles. The van der Waals surface area contributed by atoms with Crippen molar-refractivity contribution in [3.63, 3.8) is 0 Å². The Morgan fingerprint density at radius 2 is 2.16 bits per heavy atom. The first-order chi connectivity index (χ1) is 8.89. The highest BCUT2D eigenvalue weighted by molar-refractivity contribution is 6.00. The third kappa shape index (κ3) is 4.28. The molecule has 0 spiro atoms. The van der Waals surface area contributed by atoms with Crippen LogP contribution in [0.4, 0.5) is 18.9 Å². The molecule has 0 fully saturated rings. The average Bonchev–Trinajstić information content (AvgIpc) is 2.36. The summed E-state index contributed by atoms with van der Waals surface area (Å²) in [5.74, 6) is -0.402. The van der Waals surface area contributed by atoms with Gasteiger partial charge in [-0.1, -0.05) is 5.16 Å². The quantitative estimate of drug-likeness (QED) is 0.316. The van der Waals surface area contributed by atoms with E-state index in [2.05, 4.69) is 10.1 Å². The molecule has 1 heterocycles. The fourth-order valence-electron chi connectivity index (χ4n) is 1.52. The number of nitrogens with zero attached hydrogens (tertiary/aromatic N) is 3. The molecule has 0 saturated heterocycles. The summed E-state index contributed by atoms with van der Waals surface area (Å²) >= 11 is 0. The van der Waals surface area contributed by atoms with Crippen LogP contribution in [-0.2, 0) is 0 Å². The Labute approximate surface area is 107 Å². The predicted molar refractivity (Wildman–Crippen MR) is 62.1 cm³/mol. The Morgan fingerprint density at radius 1 is 1.47 bits per heavy atom. The second-order valence-electron chi connectivity index (χ2n) is 3.62. The van der Waals surface area contributed by atoms with Crippen molar-refractivity contribution in [2.45, 2.75) is 6.18 Å². The molecular weight excluding hydrogens is 265 g/mol. The number of hydrogen-bond donors (Lipinski definition) is 3. The van der Waals surface area contributed by atoms with E-state index in [1.165, 1.54) is 18.3 Å². The molecule has 1 aromatic heterocycles. The number of amidine groups is 1. The Morgan fingerprint density at radius 3 is 2.68 bits per heavy atom. The van der Waals surface area contributed by atoms with Gasteiger partial charge in [0.2, 0.25) is 0 Å². The molecule has 0 aliphatic carbocycles. The van der Waals surface area contributed by atoms with Crippen molar-refractivity contribution >= 4 is 11.5 Å². The maximum Gasteiger partial charge on any atom is 0.405 e. The number of rotatable bonds is 5. The van der Waals surface area contributed by atoms with E-state index >= 15 is 0 Å². The monoisotopic (exact) mass is 278 g/mol. The molecule has 0 aliphatic rings. The largest absolute Gasteiger partial charge is 0.409 e. The molecule has 1 rings (SSSR count). The van der Waals surface area contributed by atoms with Crippen LogP contribution in [-0.4, -0.2) is 47.0 Å². The number of alkyl halides is 3. The first kappa shape index (κ1) is 15.0. The van der Waals surface area contributed by atoms with Crippen LogP contribution in [0.3, 0.4) is 0 Å². The van der Waals surface area contributed by atoms with Crippen LogP contribution in [0.1, 0.15) is 5.69 Å². The molecule has 106 valence electrons. The van der Waals surface area contributed by atoms with E-state index in [-0.39, 0.29) is 17.9 Å². The van der Waals surface area contributed by atoms with E-state index in [0.717, 1.165) is 4.90 Å². The zero-order valence-corrected chi connectivity index (χ0v) is 9.80. The van der Waals surface area contributed by atoms with Crippen LogP contribution >= 0.6 is 0 Å². The molecule has 4 N–H and O–H groups in total.